The van der Waals surface area contributed by atoms with Gasteiger partial charge in [-0.15, -0.1) is 11.3 Å². The van der Waals surface area contributed by atoms with Gasteiger partial charge in [-0.3, -0.25) is 4.98 Å². The lowest BCUT2D eigenvalue weighted by molar-refractivity contribution is 0.220. The second-order valence-electron chi connectivity index (χ2n) is 7.25. The predicted molar refractivity (Wildman–Crippen MR) is 114 cm³/mol. The molecular formula is C23H18ClF2NOS. The van der Waals surface area contributed by atoms with E-state index in [9.17, 15) is 13.9 Å². The number of alkyl halides is 1. The van der Waals surface area contributed by atoms with Gasteiger partial charge in [0.1, 0.15) is 17.6 Å². The highest BCUT2D eigenvalue weighted by Gasteiger charge is 2.31. The molecule has 0 bridgehead atoms. The molecule has 2 heterocycles. The molecule has 0 saturated carbocycles. The summed E-state index contributed by atoms with van der Waals surface area (Å²) >= 11 is 7.53. The first-order chi connectivity index (χ1) is 13.8. The van der Waals surface area contributed by atoms with Crippen LogP contribution in [0, 0.1) is 0 Å². The van der Waals surface area contributed by atoms with E-state index in [-0.39, 0.29) is 6.42 Å². The molecule has 3 aromatic rings. The highest BCUT2D eigenvalue weighted by Crippen LogP contribution is 2.46. The van der Waals surface area contributed by atoms with Crippen molar-refractivity contribution in [3.8, 4) is 11.1 Å². The summed E-state index contributed by atoms with van der Waals surface area (Å²) < 4.78 is 28.8. The van der Waals surface area contributed by atoms with Crippen molar-refractivity contribution in [1.29, 1.82) is 0 Å². The van der Waals surface area contributed by atoms with Gasteiger partial charge in [-0.05, 0) is 59.4 Å². The number of rotatable bonds is 4. The third-order valence-electron chi connectivity index (χ3n) is 4.82. The monoisotopic (exact) mass is 429 g/mol. The summed E-state index contributed by atoms with van der Waals surface area (Å²) in [7, 11) is 0. The Labute approximate surface area is 176 Å². The van der Waals surface area contributed by atoms with E-state index in [2.05, 4.69) is 4.98 Å². The molecule has 1 aliphatic carbocycles. The van der Waals surface area contributed by atoms with E-state index in [0.717, 1.165) is 17.2 Å². The van der Waals surface area contributed by atoms with Crippen LogP contribution in [0.3, 0.4) is 0 Å². The van der Waals surface area contributed by atoms with Gasteiger partial charge in [-0.1, -0.05) is 29.8 Å². The van der Waals surface area contributed by atoms with Gasteiger partial charge < -0.3 is 5.11 Å². The standard InChI is InChI=1S/C23H18ClF2NOS/c1-23(26)10-16(9-18(25)11-23)22-20(21(28)15-5-3-7-27-12-15)19(13-29-22)14-4-2-6-17(24)8-14/h2-9,11-13,21,28H,10H2,1H3. The smallest absolute Gasteiger partial charge is 0.133 e. The number of aromatic nitrogens is 1. The number of pyridine rings is 1. The second-order valence-corrected chi connectivity index (χ2v) is 8.56. The summed E-state index contributed by atoms with van der Waals surface area (Å²) in [6, 6.07) is 10.8. The summed E-state index contributed by atoms with van der Waals surface area (Å²) in [5.74, 6) is -0.615. The van der Waals surface area contributed by atoms with Crippen molar-refractivity contribution >= 4 is 28.5 Å². The van der Waals surface area contributed by atoms with Crippen molar-refractivity contribution < 1.29 is 13.9 Å². The SMILES string of the molecule is CC1(F)C=C(F)C=C(c2scc(-c3cccc(Cl)c3)c2C(O)c2cccnc2)C1. The number of hydrogen-bond acceptors (Lipinski definition) is 3. The second kappa shape index (κ2) is 7.82. The fourth-order valence-electron chi connectivity index (χ4n) is 3.59. The molecule has 0 amide bonds. The van der Waals surface area contributed by atoms with E-state index >= 15 is 0 Å². The van der Waals surface area contributed by atoms with Crippen molar-refractivity contribution in [2.45, 2.75) is 25.1 Å². The molecule has 2 atom stereocenters. The van der Waals surface area contributed by atoms with Crippen LogP contribution in [0.5, 0.6) is 0 Å². The Bertz CT molecular complexity index is 1110. The Morgan fingerprint density at radius 3 is 2.79 bits per heavy atom. The van der Waals surface area contributed by atoms with Crippen LogP contribution >= 0.6 is 22.9 Å². The fraction of sp³-hybridized carbons (Fsp3) is 0.174. The maximum Gasteiger partial charge on any atom is 0.133 e. The van der Waals surface area contributed by atoms with E-state index < -0.39 is 17.6 Å². The molecule has 2 nitrogen and oxygen atoms in total. The van der Waals surface area contributed by atoms with Crippen molar-refractivity contribution in [3.05, 3.63) is 93.2 Å². The van der Waals surface area contributed by atoms with Crippen LogP contribution in [0.4, 0.5) is 8.78 Å². The maximum absolute atomic E-state index is 14.7. The minimum Gasteiger partial charge on any atom is -0.384 e. The Morgan fingerprint density at radius 2 is 2.10 bits per heavy atom. The van der Waals surface area contributed by atoms with Crippen LogP contribution in [-0.2, 0) is 0 Å². The highest BCUT2D eigenvalue weighted by molar-refractivity contribution is 7.11. The molecule has 6 heteroatoms. The number of hydrogen-bond donors (Lipinski definition) is 1. The van der Waals surface area contributed by atoms with Gasteiger partial charge in [-0.25, -0.2) is 8.78 Å². The third-order valence-corrected chi connectivity index (χ3v) is 6.12. The first-order valence-corrected chi connectivity index (χ1v) is 10.3. The normalized spacial score (nSPS) is 20.2. The Morgan fingerprint density at radius 1 is 1.28 bits per heavy atom. The fourth-order valence-corrected chi connectivity index (χ4v) is 4.91. The molecule has 0 radical (unpaired) electrons. The van der Waals surface area contributed by atoms with Crippen LogP contribution < -0.4 is 0 Å². The Balaban J connectivity index is 1.90. The van der Waals surface area contributed by atoms with Crippen LogP contribution in [0.1, 0.15) is 35.5 Å². The summed E-state index contributed by atoms with van der Waals surface area (Å²) in [4.78, 5) is 4.74. The van der Waals surface area contributed by atoms with Crippen LogP contribution in [0.15, 0.2) is 72.2 Å². The van der Waals surface area contributed by atoms with Gasteiger partial charge >= 0.3 is 0 Å². The molecule has 1 aromatic carbocycles. The average molecular weight is 430 g/mol. The van der Waals surface area contributed by atoms with Gasteiger partial charge in [0, 0.05) is 39.8 Å². The van der Waals surface area contributed by atoms with Crippen LogP contribution in [0.2, 0.25) is 5.02 Å². The molecule has 2 unspecified atom stereocenters. The zero-order chi connectivity index (χ0) is 20.6. The van der Waals surface area contributed by atoms with E-state index in [1.165, 1.54) is 24.3 Å². The number of allylic oxidation sites excluding steroid dienone is 4. The van der Waals surface area contributed by atoms with Gasteiger partial charge in [0.15, 0.2) is 0 Å². The topological polar surface area (TPSA) is 33.1 Å². The average Bonchev–Trinajstić information content (AvgIpc) is 3.12. The van der Waals surface area contributed by atoms with E-state index in [4.69, 9.17) is 11.6 Å². The largest absolute Gasteiger partial charge is 0.384 e. The number of aliphatic hydroxyl groups is 1. The molecule has 1 aliphatic rings. The minimum atomic E-state index is -1.79. The molecule has 0 spiro atoms. The van der Waals surface area contributed by atoms with E-state index in [1.54, 1.807) is 30.6 Å². The number of thiophene rings is 1. The molecule has 4 rings (SSSR count). The molecular weight excluding hydrogens is 412 g/mol. The number of aliphatic hydroxyl groups excluding tert-OH is 1. The highest BCUT2D eigenvalue weighted by atomic mass is 35.5. The number of benzene rings is 1. The molecule has 2 aromatic heterocycles. The Kier molecular flexibility index (Phi) is 5.38. The number of halogens is 3. The van der Waals surface area contributed by atoms with Gasteiger partial charge in [0.25, 0.3) is 0 Å². The van der Waals surface area contributed by atoms with Crippen molar-refractivity contribution in [3.63, 3.8) is 0 Å². The third kappa shape index (κ3) is 4.17. The molecule has 29 heavy (non-hydrogen) atoms. The molecule has 1 N–H and O–H groups in total. The summed E-state index contributed by atoms with van der Waals surface area (Å²) in [5.41, 5.74) is 1.54. The first kappa shape index (κ1) is 20.0. The lowest BCUT2D eigenvalue weighted by Gasteiger charge is -2.23. The summed E-state index contributed by atoms with van der Waals surface area (Å²) in [6.45, 7) is 1.35. The van der Waals surface area contributed by atoms with Gasteiger partial charge in [0.2, 0.25) is 0 Å². The number of nitrogens with zero attached hydrogens (tertiary/aromatic N) is 1. The molecule has 0 saturated heterocycles. The van der Waals surface area contributed by atoms with E-state index in [1.807, 2.05) is 23.6 Å². The lowest BCUT2D eigenvalue weighted by atomic mass is 9.87. The molecule has 148 valence electrons. The Hall–Kier alpha value is -2.34. The van der Waals surface area contributed by atoms with E-state index in [0.29, 0.717) is 26.6 Å². The van der Waals surface area contributed by atoms with Crippen molar-refractivity contribution in [2.75, 3.05) is 0 Å². The molecule has 0 fully saturated rings. The van der Waals surface area contributed by atoms with Crippen molar-refractivity contribution in [1.82, 2.24) is 4.98 Å². The zero-order valence-corrected chi connectivity index (χ0v) is 17.1. The predicted octanol–water partition coefficient (Wildman–Crippen LogP) is 6.91. The van der Waals surface area contributed by atoms with Gasteiger partial charge in [-0.2, -0.15) is 0 Å². The minimum absolute atomic E-state index is 0.0304. The van der Waals surface area contributed by atoms with Crippen LogP contribution in [-0.4, -0.2) is 15.8 Å². The van der Waals surface area contributed by atoms with Crippen LogP contribution in [0.25, 0.3) is 16.7 Å². The lowest BCUT2D eigenvalue weighted by Crippen LogP contribution is -2.18. The van der Waals surface area contributed by atoms with Gasteiger partial charge in [0.05, 0.1) is 0 Å². The zero-order valence-electron chi connectivity index (χ0n) is 15.6. The summed E-state index contributed by atoms with van der Waals surface area (Å²) in [5, 5.41) is 13.7. The quantitative estimate of drug-likeness (QED) is 0.488. The first-order valence-electron chi connectivity index (χ1n) is 9.07. The maximum atomic E-state index is 14.7. The summed E-state index contributed by atoms with van der Waals surface area (Å²) in [6.07, 6.45) is 4.57. The van der Waals surface area contributed by atoms with Crippen molar-refractivity contribution in [2.24, 2.45) is 0 Å². The molecule has 0 aliphatic heterocycles.